The topological polar surface area (TPSA) is 43.1 Å². The summed E-state index contributed by atoms with van der Waals surface area (Å²) in [7, 11) is 0. The van der Waals surface area contributed by atoms with Gasteiger partial charge >= 0.3 is 0 Å². The van der Waals surface area contributed by atoms with Crippen molar-refractivity contribution in [3.8, 4) is 0 Å². The molecular formula is C15H13NO2. The van der Waals surface area contributed by atoms with Crippen LogP contribution in [0.4, 0.5) is 0 Å². The minimum Gasteiger partial charge on any atom is -0.462 e. The summed E-state index contributed by atoms with van der Waals surface area (Å²) in [6, 6.07) is 5.55. The first kappa shape index (κ1) is 11.0. The highest BCUT2D eigenvalue weighted by atomic mass is 16.3. The second kappa shape index (κ2) is 3.95. The third kappa shape index (κ3) is 1.59. The number of hydrogen-bond donors (Lipinski definition) is 0. The Labute approximate surface area is 105 Å². The van der Waals surface area contributed by atoms with Crippen LogP contribution < -0.4 is 0 Å². The minimum absolute atomic E-state index is 0.0756. The van der Waals surface area contributed by atoms with Gasteiger partial charge in [0.2, 0.25) is 0 Å². The summed E-state index contributed by atoms with van der Waals surface area (Å²) in [5.41, 5.74) is 2.52. The Hall–Kier alpha value is -2.16. The van der Waals surface area contributed by atoms with Crippen LogP contribution in [0.2, 0.25) is 0 Å². The molecule has 2 aromatic rings. The van der Waals surface area contributed by atoms with Crippen molar-refractivity contribution in [2.75, 3.05) is 0 Å². The van der Waals surface area contributed by atoms with E-state index < -0.39 is 0 Å². The number of pyridine rings is 1. The molecule has 1 atom stereocenters. The fourth-order valence-corrected chi connectivity index (χ4v) is 2.35. The van der Waals surface area contributed by atoms with E-state index in [1.165, 1.54) is 0 Å². The number of rotatable bonds is 1. The summed E-state index contributed by atoms with van der Waals surface area (Å²) >= 11 is 0. The standard InChI is InChI=1S/C15H13NO2/c1-9-3-4-11(18-9)7-13-10(2)14-8-16-6-5-12(14)15(13)17/h3-8,10H,1-2H3/b13-7+. The molecule has 0 bridgehead atoms. The van der Waals surface area contributed by atoms with Crippen molar-refractivity contribution in [2.24, 2.45) is 0 Å². The third-order valence-electron chi connectivity index (χ3n) is 3.35. The summed E-state index contributed by atoms with van der Waals surface area (Å²) in [5.74, 6) is 1.73. The maximum absolute atomic E-state index is 12.3. The molecule has 90 valence electrons. The van der Waals surface area contributed by atoms with E-state index >= 15 is 0 Å². The van der Waals surface area contributed by atoms with Gasteiger partial charge in [0.1, 0.15) is 11.5 Å². The molecule has 2 heterocycles. The average molecular weight is 239 g/mol. The lowest BCUT2D eigenvalue weighted by Gasteiger charge is -2.03. The molecule has 1 aliphatic rings. The van der Waals surface area contributed by atoms with Gasteiger partial charge < -0.3 is 4.42 Å². The predicted molar refractivity (Wildman–Crippen MR) is 68.4 cm³/mol. The quantitative estimate of drug-likeness (QED) is 0.716. The maximum atomic E-state index is 12.3. The van der Waals surface area contributed by atoms with Gasteiger partial charge in [-0.2, -0.15) is 0 Å². The second-order valence-electron chi connectivity index (χ2n) is 4.56. The third-order valence-corrected chi connectivity index (χ3v) is 3.35. The number of hydrogen-bond acceptors (Lipinski definition) is 3. The first-order valence-electron chi connectivity index (χ1n) is 5.93. The fourth-order valence-electron chi connectivity index (χ4n) is 2.35. The van der Waals surface area contributed by atoms with Crippen LogP contribution in [0.5, 0.6) is 0 Å². The maximum Gasteiger partial charge on any atom is 0.190 e. The first-order valence-corrected chi connectivity index (χ1v) is 5.93. The molecule has 2 aromatic heterocycles. The van der Waals surface area contributed by atoms with Gasteiger partial charge in [0.25, 0.3) is 0 Å². The van der Waals surface area contributed by atoms with Crippen molar-refractivity contribution in [2.45, 2.75) is 19.8 Å². The molecule has 1 aliphatic carbocycles. The lowest BCUT2D eigenvalue weighted by molar-refractivity contribution is 0.103. The lowest BCUT2D eigenvalue weighted by atomic mass is 10.0. The molecule has 0 saturated carbocycles. The molecule has 3 nitrogen and oxygen atoms in total. The summed E-state index contributed by atoms with van der Waals surface area (Å²) in [6.45, 7) is 3.91. The van der Waals surface area contributed by atoms with Gasteiger partial charge in [-0.15, -0.1) is 0 Å². The fraction of sp³-hybridized carbons (Fsp3) is 0.200. The van der Waals surface area contributed by atoms with E-state index in [4.69, 9.17) is 4.42 Å². The number of carbonyl (C=O) groups is 1. The molecule has 0 aliphatic heterocycles. The number of carbonyl (C=O) groups excluding carboxylic acids is 1. The Kier molecular flexibility index (Phi) is 2.40. The molecule has 0 radical (unpaired) electrons. The Balaban J connectivity index is 2.06. The van der Waals surface area contributed by atoms with Gasteiger partial charge in [-0.1, -0.05) is 6.92 Å². The summed E-state index contributed by atoms with van der Waals surface area (Å²) in [5, 5.41) is 0. The monoisotopic (exact) mass is 239 g/mol. The van der Waals surface area contributed by atoms with Crippen LogP contribution in [0.1, 0.15) is 40.3 Å². The number of Topliss-reactive ketones (excluding diaryl/α,β-unsaturated/α-hetero) is 1. The SMILES string of the molecule is Cc1ccc(/C=C2/C(=O)c3ccncc3C2C)o1. The molecule has 1 unspecified atom stereocenters. The number of nitrogens with zero attached hydrogens (tertiary/aromatic N) is 1. The van der Waals surface area contributed by atoms with Gasteiger partial charge in [0, 0.05) is 29.4 Å². The Bertz CT molecular complexity index is 652. The summed E-state index contributed by atoms with van der Waals surface area (Å²) in [6.07, 6.45) is 5.26. The average Bonchev–Trinajstić information content (AvgIpc) is 2.88. The zero-order valence-electron chi connectivity index (χ0n) is 10.3. The number of aryl methyl sites for hydroxylation is 1. The van der Waals surface area contributed by atoms with Crippen LogP contribution in [-0.4, -0.2) is 10.8 Å². The molecule has 3 heteroatoms. The molecule has 0 spiro atoms. The minimum atomic E-state index is 0.0756. The highest BCUT2D eigenvalue weighted by molar-refractivity contribution is 6.16. The molecule has 0 fully saturated rings. The molecular weight excluding hydrogens is 226 g/mol. The molecule has 0 N–H and O–H groups in total. The largest absolute Gasteiger partial charge is 0.462 e. The smallest absolute Gasteiger partial charge is 0.190 e. The van der Waals surface area contributed by atoms with Crippen LogP contribution in [-0.2, 0) is 0 Å². The number of allylic oxidation sites excluding steroid dienone is 1. The highest BCUT2D eigenvalue weighted by Gasteiger charge is 2.31. The Morgan fingerprint density at radius 1 is 1.33 bits per heavy atom. The number of fused-ring (bicyclic) bond motifs is 1. The van der Waals surface area contributed by atoms with E-state index in [0.29, 0.717) is 0 Å². The van der Waals surface area contributed by atoms with Crippen molar-refractivity contribution >= 4 is 11.9 Å². The van der Waals surface area contributed by atoms with Crippen LogP contribution in [0.3, 0.4) is 0 Å². The van der Waals surface area contributed by atoms with Gasteiger partial charge in [-0.05, 0) is 36.8 Å². The summed E-state index contributed by atoms with van der Waals surface area (Å²) < 4.78 is 5.50. The van der Waals surface area contributed by atoms with E-state index in [0.717, 1.165) is 28.2 Å². The number of aromatic nitrogens is 1. The molecule has 0 aromatic carbocycles. The lowest BCUT2D eigenvalue weighted by Crippen LogP contribution is -1.96. The first-order chi connectivity index (χ1) is 8.66. The zero-order valence-corrected chi connectivity index (χ0v) is 10.3. The van der Waals surface area contributed by atoms with Crippen molar-refractivity contribution in [3.63, 3.8) is 0 Å². The molecule has 18 heavy (non-hydrogen) atoms. The van der Waals surface area contributed by atoms with E-state index in [1.807, 2.05) is 32.1 Å². The van der Waals surface area contributed by atoms with Crippen LogP contribution in [0.25, 0.3) is 6.08 Å². The van der Waals surface area contributed by atoms with Gasteiger partial charge in [0.15, 0.2) is 5.78 Å². The van der Waals surface area contributed by atoms with Gasteiger partial charge in [-0.3, -0.25) is 9.78 Å². The van der Waals surface area contributed by atoms with Gasteiger partial charge in [0.05, 0.1) is 0 Å². The molecule has 0 saturated heterocycles. The van der Waals surface area contributed by atoms with Crippen molar-refractivity contribution in [3.05, 3.63) is 58.8 Å². The second-order valence-corrected chi connectivity index (χ2v) is 4.56. The summed E-state index contributed by atoms with van der Waals surface area (Å²) in [4.78, 5) is 16.4. The molecule has 3 rings (SSSR count). The molecule has 0 amide bonds. The van der Waals surface area contributed by atoms with E-state index in [-0.39, 0.29) is 11.7 Å². The van der Waals surface area contributed by atoms with E-state index in [9.17, 15) is 4.79 Å². The van der Waals surface area contributed by atoms with Gasteiger partial charge in [-0.25, -0.2) is 0 Å². The predicted octanol–water partition coefficient (Wildman–Crippen LogP) is 3.37. The van der Waals surface area contributed by atoms with Crippen LogP contribution >= 0.6 is 0 Å². The van der Waals surface area contributed by atoms with E-state index in [2.05, 4.69) is 4.98 Å². The number of furan rings is 1. The van der Waals surface area contributed by atoms with Crippen LogP contribution in [0, 0.1) is 6.92 Å². The van der Waals surface area contributed by atoms with E-state index in [1.54, 1.807) is 18.5 Å². The normalized spacial score (nSPS) is 20.4. The highest BCUT2D eigenvalue weighted by Crippen LogP contribution is 2.37. The Morgan fingerprint density at radius 3 is 2.83 bits per heavy atom. The van der Waals surface area contributed by atoms with Crippen molar-refractivity contribution in [1.82, 2.24) is 4.98 Å². The van der Waals surface area contributed by atoms with Crippen molar-refractivity contribution < 1.29 is 9.21 Å². The zero-order chi connectivity index (χ0) is 12.7. The van der Waals surface area contributed by atoms with Crippen molar-refractivity contribution in [1.29, 1.82) is 0 Å². The Morgan fingerprint density at radius 2 is 2.17 bits per heavy atom. The van der Waals surface area contributed by atoms with Crippen LogP contribution in [0.15, 0.2) is 40.6 Å². The number of ketones is 1.